The van der Waals surface area contributed by atoms with E-state index in [1.807, 2.05) is 12.1 Å². The van der Waals surface area contributed by atoms with Crippen molar-refractivity contribution in [2.75, 3.05) is 6.54 Å². The molecule has 2 aromatic rings. The lowest BCUT2D eigenvalue weighted by Gasteiger charge is -2.20. The van der Waals surface area contributed by atoms with Gasteiger partial charge in [0.2, 0.25) is 0 Å². The van der Waals surface area contributed by atoms with E-state index in [1.54, 1.807) is 18.2 Å². The van der Waals surface area contributed by atoms with E-state index < -0.39 is 0 Å². The van der Waals surface area contributed by atoms with Crippen LogP contribution in [0.5, 0.6) is 0 Å². The molecule has 0 bridgehead atoms. The normalized spacial score (nSPS) is 12.4. The Hall–Kier alpha value is -1.26. The maximum absolute atomic E-state index is 14.3. The quantitative estimate of drug-likeness (QED) is 0.769. The van der Waals surface area contributed by atoms with Gasteiger partial charge in [0, 0.05) is 11.6 Å². The third-order valence-electron chi connectivity index (χ3n) is 3.33. The highest BCUT2D eigenvalue weighted by Gasteiger charge is 2.17. The van der Waals surface area contributed by atoms with E-state index >= 15 is 0 Å². The van der Waals surface area contributed by atoms with Crippen LogP contribution in [0.4, 0.5) is 8.78 Å². The number of benzene rings is 2. The fourth-order valence-electron chi connectivity index (χ4n) is 2.30. The second-order valence-electron chi connectivity index (χ2n) is 4.98. The molecule has 0 saturated carbocycles. The van der Waals surface area contributed by atoms with Gasteiger partial charge in [0.25, 0.3) is 0 Å². The lowest BCUT2D eigenvalue weighted by atomic mass is 9.98. The van der Waals surface area contributed by atoms with Crippen molar-refractivity contribution in [1.29, 1.82) is 0 Å². The Morgan fingerprint density at radius 2 is 1.90 bits per heavy atom. The van der Waals surface area contributed by atoms with E-state index in [0.29, 0.717) is 16.5 Å². The molecule has 0 radical (unpaired) electrons. The van der Waals surface area contributed by atoms with Gasteiger partial charge in [0.1, 0.15) is 11.6 Å². The molecule has 112 valence electrons. The van der Waals surface area contributed by atoms with Crippen LogP contribution < -0.4 is 5.32 Å². The summed E-state index contributed by atoms with van der Waals surface area (Å²) in [5.74, 6) is -0.529. The summed E-state index contributed by atoms with van der Waals surface area (Å²) < 4.78 is 28.1. The highest BCUT2D eigenvalue weighted by molar-refractivity contribution is 9.10. The zero-order valence-electron chi connectivity index (χ0n) is 11.9. The molecule has 1 N–H and O–H groups in total. The summed E-state index contributed by atoms with van der Waals surface area (Å²) in [6.45, 7) is 2.84. The van der Waals surface area contributed by atoms with Crippen molar-refractivity contribution in [2.24, 2.45) is 0 Å². The molecule has 1 unspecified atom stereocenters. The zero-order valence-corrected chi connectivity index (χ0v) is 13.5. The van der Waals surface area contributed by atoms with Crippen LogP contribution in [0.2, 0.25) is 0 Å². The third kappa shape index (κ3) is 4.35. The van der Waals surface area contributed by atoms with E-state index in [2.05, 4.69) is 28.2 Å². The van der Waals surface area contributed by atoms with Gasteiger partial charge >= 0.3 is 0 Å². The fourth-order valence-corrected chi connectivity index (χ4v) is 2.68. The van der Waals surface area contributed by atoms with Crippen molar-refractivity contribution in [3.05, 3.63) is 69.7 Å². The van der Waals surface area contributed by atoms with Crippen LogP contribution in [-0.4, -0.2) is 6.54 Å². The molecule has 2 rings (SSSR count). The zero-order chi connectivity index (χ0) is 15.2. The van der Waals surface area contributed by atoms with Gasteiger partial charge in [-0.3, -0.25) is 0 Å². The SMILES string of the molecule is CCCNC(Cc1cccc(F)c1)c1cccc(Br)c1F. The second kappa shape index (κ2) is 7.66. The Labute approximate surface area is 132 Å². The standard InChI is InChI=1S/C17H18BrF2N/c1-2-9-21-16(11-12-5-3-6-13(19)10-12)14-7-4-8-15(18)17(14)20/h3-8,10,16,21H,2,9,11H2,1H3. The molecule has 0 saturated heterocycles. The molecule has 1 atom stereocenters. The topological polar surface area (TPSA) is 12.0 Å². The van der Waals surface area contributed by atoms with Gasteiger partial charge in [-0.15, -0.1) is 0 Å². The predicted molar refractivity (Wildman–Crippen MR) is 85.2 cm³/mol. The highest BCUT2D eigenvalue weighted by atomic mass is 79.9. The van der Waals surface area contributed by atoms with Gasteiger partial charge in [-0.25, -0.2) is 8.78 Å². The van der Waals surface area contributed by atoms with Crippen LogP contribution >= 0.6 is 15.9 Å². The van der Waals surface area contributed by atoms with Crippen molar-refractivity contribution < 1.29 is 8.78 Å². The monoisotopic (exact) mass is 353 g/mol. The number of halogens is 3. The van der Waals surface area contributed by atoms with Crippen LogP contribution in [0.25, 0.3) is 0 Å². The molecular formula is C17H18BrF2N. The van der Waals surface area contributed by atoms with Gasteiger partial charge < -0.3 is 5.32 Å². The van der Waals surface area contributed by atoms with Crippen LogP contribution in [0.3, 0.4) is 0 Å². The van der Waals surface area contributed by atoms with Crippen LogP contribution in [0, 0.1) is 11.6 Å². The Morgan fingerprint density at radius 1 is 1.14 bits per heavy atom. The van der Waals surface area contributed by atoms with E-state index in [1.165, 1.54) is 12.1 Å². The average molecular weight is 354 g/mol. The van der Waals surface area contributed by atoms with E-state index in [9.17, 15) is 8.78 Å². The minimum absolute atomic E-state index is 0.177. The van der Waals surface area contributed by atoms with Gasteiger partial charge in [-0.2, -0.15) is 0 Å². The number of nitrogens with one attached hydrogen (secondary N) is 1. The molecular weight excluding hydrogens is 336 g/mol. The summed E-state index contributed by atoms with van der Waals surface area (Å²) in [7, 11) is 0. The van der Waals surface area contributed by atoms with Gasteiger partial charge in [-0.05, 0) is 59.1 Å². The number of rotatable bonds is 6. The number of hydrogen-bond donors (Lipinski definition) is 1. The predicted octanol–water partition coefficient (Wildman–Crippen LogP) is 5.01. The average Bonchev–Trinajstić information content (AvgIpc) is 2.47. The van der Waals surface area contributed by atoms with Crippen molar-refractivity contribution >= 4 is 15.9 Å². The lowest BCUT2D eigenvalue weighted by molar-refractivity contribution is 0.494. The molecule has 21 heavy (non-hydrogen) atoms. The van der Waals surface area contributed by atoms with Crippen LogP contribution in [-0.2, 0) is 6.42 Å². The van der Waals surface area contributed by atoms with Gasteiger partial charge in [0.05, 0.1) is 4.47 Å². The molecule has 2 aromatic carbocycles. The first-order valence-electron chi connectivity index (χ1n) is 7.03. The highest BCUT2D eigenvalue weighted by Crippen LogP contribution is 2.26. The second-order valence-corrected chi connectivity index (χ2v) is 5.84. The molecule has 0 aliphatic rings. The van der Waals surface area contributed by atoms with Gasteiger partial charge in [0.15, 0.2) is 0 Å². The van der Waals surface area contributed by atoms with E-state index in [0.717, 1.165) is 18.5 Å². The van der Waals surface area contributed by atoms with Gasteiger partial charge in [-0.1, -0.05) is 31.2 Å². The Morgan fingerprint density at radius 3 is 2.62 bits per heavy atom. The van der Waals surface area contributed by atoms with E-state index in [-0.39, 0.29) is 17.7 Å². The molecule has 0 aromatic heterocycles. The van der Waals surface area contributed by atoms with Crippen molar-refractivity contribution in [1.82, 2.24) is 5.32 Å². The summed E-state index contributed by atoms with van der Waals surface area (Å²) in [5.41, 5.74) is 1.45. The van der Waals surface area contributed by atoms with Crippen molar-refractivity contribution in [3.8, 4) is 0 Å². The Kier molecular flexibility index (Phi) is 5.88. The molecule has 0 fully saturated rings. The number of hydrogen-bond acceptors (Lipinski definition) is 1. The minimum atomic E-state index is -0.267. The molecule has 4 heteroatoms. The molecule has 0 aliphatic heterocycles. The van der Waals surface area contributed by atoms with Crippen molar-refractivity contribution in [3.63, 3.8) is 0 Å². The maximum atomic E-state index is 14.3. The lowest BCUT2D eigenvalue weighted by Crippen LogP contribution is -2.25. The molecule has 0 heterocycles. The summed E-state index contributed by atoms with van der Waals surface area (Å²) in [6.07, 6.45) is 1.50. The third-order valence-corrected chi connectivity index (χ3v) is 3.94. The maximum Gasteiger partial charge on any atom is 0.142 e. The largest absolute Gasteiger partial charge is 0.310 e. The Balaban J connectivity index is 2.27. The summed E-state index contributed by atoms with van der Waals surface area (Å²) in [4.78, 5) is 0. The first-order chi connectivity index (χ1) is 10.1. The molecule has 0 spiro atoms. The van der Waals surface area contributed by atoms with E-state index in [4.69, 9.17) is 0 Å². The molecule has 1 nitrogen and oxygen atoms in total. The Bertz CT molecular complexity index is 601. The summed E-state index contributed by atoms with van der Waals surface area (Å²) >= 11 is 3.22. The summed E-state index contributed by atoms with van der Waals surface area (Å²) in [6, 6.07) is 11.5. The first-order valence-corrected chi connectivity index (χ1v) is 7.83. The fraction of sp³-hybridized carbons (Fsp3) is 0.294. The van der Waals surface area contributed by atoms with Crippen molar-refractivity contribution in [2.45, 2.75) is 25.8 Å². The first kappa shape index (κ1) is 16.1. The summed E-state index contributed by atoms with van der Waals surface area (Å²) in [5, 5.41) is 3.34. The van der Waals surface area contributed by atoms with Crippen LogP contribution in [0.15, 0.2) is 46.9 Å². The molecule has 0 aliphatic carbocycles. The smallest absolute Gasteiger partial charge is 0.142 e. The van der Waals surface area contributed by atoms with Crippen LogP contribution in [0.1, 0.15) is 30.5 Å². The minimum Gasteiger partial charge on any atom is -0.310 e. The molecule has 0 amide bonds.